The Hall–Kier alpha value is -2.50. The van der Waals surface area contributed by atoms with Gasteiger partial charge in [-0.05, 0) is 40.2 Å². The zero-order valence-corrected chi connectivity index (χ0v) is 23.0. The smallest absolute Gasteiger partial charge is 0.261 e. The van der Waals surface area contributed by atoms with Crippen molar-refractivity contribution in [3.05, 3.63) is 109 Å². The normalized spacial score (nSPS) is 18.8. The second-order valence-corrected chi connectivity index (χ2v) is 15.1. The first-order chi connectivity index (χ1) is 17.4. The molecule has 0 aromatic heterocycles. The summed E-state index contributed by atoms with van der Waals surface area (Å²) in [5.74, 6) is 0. The Balaban J connectivity index is 1.42. The highest BCUT2D eigenvalue weighted by molar-refractivity contribution is 6.99. The molecular weight excluding hydrogens is 460 g/mol. The van der Waals surface area contributed by atoms with Crippen LogP contribution in [-0.4, -0.2) is 33.7 Å². The average Bonchev–Trinajstić information content (AvgIpc) is 2.87. The summed E-state index contributed by atoms with van der Waals surface area (Å²) in [6.07, 6.45) is 2.75. The summed E-state index contributed by atoms with van der Waals surface area (Å²) in [6, 6.07) is 31.9. The second-order valence-electron chi connectivity index (χ2n) is 10.8. The van der Waals surface area contributed by atoms with Crippen molar-refractivity contribution in [2.75, 3.05) is 13.2 Å². The molecule has 3 nitrogen and oxygen atoms in total. The molecule has 1 aliphatic heterocycles. The summed E-state index contributed by atoms with van der Waals surface area (Å²) < 4.78 is 19.5. The second kappa shape index (κ2) is 12.2. The molecule has 1 saturated heterocycles. The standard InChI is InChI=1S/C32H40O3Si/c1-26-22-28(35-29(23-26)25-33-24-27-14-8-5-9-15-27)20-21-34-36(32(2,3)4,30-16-10-6-11-17-30)31-18-12-7-13-19-31/h5-19,28-29H,1,20-25H2,2-4H3/t28?,29-/m1/s1. The fourth-order valence-corrected chi connectivity index (χ4v) is 9.93. The monoisotopic (exact) mass is 500 g/mol. The Labute approximate surface area is 218 Å². The lowest BCUT2D eigenvalue weighted by molar-refractivity contribution is -0.0797. The van der Waals surface area contributed by atoms with Crippen LogP contribution in [0.15, 0.2) is 103 Å². The summed E-state index contributed by atoms with van der Waals surface area (Å²) in [6.45, 7) is 13.1. The van der Waals surface area contributed by atoms with Gasteiger partial charge >= 0.3 is 0 Å². The van der Waals surface area contributed by atoms with E-state index in [-0.39, 0.29) is 17.2 Å². The van der Waals surface area contributed by atoms with Gasteiger partial charge in [0.2, 0.25) is 0 Å². The van der Waals surface area contributed by atoms with Crippen molar-refractivity contribution >= 4 is 18.7 Å². The first-order valence-electron chi connectivity index (χ1n) is 13.1. The molecule has 2 atom stereocenters. The van der Waals surface area contributed by atoms with Crippen LogP contribution in [0.1, 0.15) is 45.6 Å². The first-order valence-corrected chi connectivity index (χ1v) is 15.0. The van der Waals surface area contributed by atoms with E-state index in [4.69, 9.17) is 13.9 Å². The van der Waals surface area contributed by atoms with E-state index in [1.807, 2.05) is 18.2 Å². The third-order valence-electron chi connectivity index (χ3n) is 7.01. The van der Waals surface area contributed by atoms with Gasteiger partial charge in [-0.1, -0.05) is 124 Å². The average molecular weight is 501 g/mol. The molecule has 0 amide bonds. The maximum absolute atomic E-state index is 7.08. The maximum Gasteiger partial charge on any atom is 0.261 e. The Morgan fingerprint density at radius 2 is 1.33 bits per heavy atom. The highest BCUT2D eigenvalue weighted by atomic mass is 28.4. The van der Waals surface area contributed by atoms with E-state index in [1.54, 1.807) is 0 Å². The van der Waals surface area contributed by atoms with Crippen LogP contribution in [0.4, 0.5) is 0 Å². The quantitative estimate of drug-likeness (QED) is 0.242. The predicted molar refractivity (Wildman–Crippen MR) is 151 cm³/mol. The summed E-state index contributed by atoms with van der Waals surface area (Å²) in [4.78, 5) is 0. The van der Waals surface area contributed by atoms with Crippen molar-refractivity contribution in [3.8, 4) is 0 Å². The lowest BCUT2D eigenvalue weighted by Gasteiger charge is -2.43. The molecule has 1 fully saturated rings. The van der Waals surface area contributed by atoms with Crippen LogP contribution < -0.4 is 10.4 Å². The van der Waals surface area contributed by atoms with Crippen molar-refractivity contribution in [2.45, 2.75) is 63.9 Å². The Kier molecular flexibility index (Phi) is 8.97. The number of benzene rings is 3. The minimum absolute atomic E-state index is 0.0272. The van der Waals surface area contributed by atoms with Gasteiger partial charge in [-0.2, -0.15) is 0 Å². The molecule has 0 spiro atoms. The Bertz CT molecular complexity index is 1040. The molecule has 3 aromatic carbocycles. The van der Waals surface area contributed by atoms with Crippen LogP contribution in [0.25, 0.3) is 0 Å². The van der Waals surface area contributed by atoms with E-state index in [0.29, 0.717) is 19.8 Å². The van der Waals surface area contributed by atoms with E-state index < -0.39 is 8.32 Å². The Morgan fingerprint density at radius 1 is 0.806 bits per heavy atom. The van der Waals surface area contributed by atoms with Gasteiger partial charge in [0.1, 0.15) is 0 Å². The number of hydrogen-bond acceptors (Lipinski definition) is 3. The maximum atomic E-state index is 7.08. The van der Waals surface area contributed by atoms with E-state index in [0.717, 1.165) is 19.3 Å². The third-order valence-corrected chi connectivity index (χ3v) is 12.1. The Morgan fingerprint density at radius 3 is 1.89 bits per heavy atom. The van der Waals surface area contributed by atoms with Gasteiger partial charge in [-0.15, -0.1) is 0 Å². The first kappa shape index (κ1) is 26.6. The summed E-state index contributed by atoms with van der Waals surface area (Å²) in [5, 5.41) is 2.59. The van der Waals surface area contributed by atoms with Gasteiger partial charge in [0.05, 0.1) is 25.4 Å². The minimum Gasteiger partial charge on any atom is -0.407 e. The van der Waals surface area contributed by atoms with E-state index >= 15 is 0 Å². The minimum atomic E-state index is -2.53. The summed E-state index contributed by atoms with van der Waals surface area (Å²) in [5.41, 5.74) is 2.42. The summed E-state index contributed by atoms with van der Waals surface area (Å²) in [7, 11) is -2.53. The van der Waals surface area contributed by atoms with Gasteiger partial charge in [0, 0.05) is 6.61 Å². The zero-order valence-electron chi connectivity index (χ0n) is 22.0. The molecule has 0 aliphatic carbocycles. The zero-order chi connectivity index (χ0) is 25.4. The molecule has 0 radical (unpaired) electrons. The molecule has 36 heavy (non-hydrogen) atoms. The van der Waals surface area contributed by atoms with Crippen LogP contribution >= 0.6 is 0 Å². The van der Waals surface area contributed by atoms with E-state index in [9.17, 15) is 0 Å². The number of ether oxygens (including phenoxy) is 2. The molecule has 3 aromatic rings. The highest BCUT2D eigenvalue weighted by Crippen LogP contribution is 2.37. The van der Waals surface area contributed by atoms with Crippen molar-refractivity contribution in [3.63, 3.8) is 0 Å². The van der Waals surface area contributed by atoms with E-state index in [2.05, 4.69) is 100 Å². The SMILES string of the molecule is C=C1CC(CCO[Si](c2ccccc2)(c2ccccc2)C(C)(C)C)O[C@@H](COCc2ccccc2)C1. The number of hydrogen-bond donors (Lipinski definition) is 0. The van der Waals surface area contributed by atoms with Crippen LogP contribution in [0.3, 0.4) is 0 Å². The molecule has 4 heteroatoms. The predicted octanol–water partition coefficient (Wildman–Crippen LogP) is 6.27. The van der Waals surface area contributed by atoms with E-state index in [1.165, 1.54) is 21.5 Å². The van der Waals surface area contributed by atoms with Gasteiger partial charge in [-0.25, -0.2) is 0 Å². The molecule has 190 valence electrons. The number of rotatable bonds is 10. The van der Waals surface area contributed by atoms with Gasteiger partial charge in [-0.3, -0.25) is 0 Å². The van der Waals surface area contributed by atoms with Crippen molar-refractivity contribution in [2.24, 2.45) is 0 Å². The molecule has 1 unspecified atom stereocenters. The van der Waals surface area contributed by atoms with Crippen molar-refractivity contribution < 1.29 is 13.9 Å². The van der Waals surface area contributed by atoms with Crippen LogP contribution in [0.2, 0.25) is 5.04 Å². The van der Waals surface area contributed by atoms with Gasteiger partial charge in [0.15, 0.2) is 0 Å². The largest absolute Gasteiger partial charge is 0.407 e. The molecule has 0 N–H and O–H groups in total. The molecule has 0 saturated carbocycles. The van der Waals surface area contributed by atoms with Crippen molar-refractivity contribution in [1.82, 2.24) is 0 Å². The van der Waals surface area contributed by atoms with Crippen LogP contribution in [-0.2, 0) is 20.5 Å². The molecular formula is C32H40O3Si. The molecule has 4 rings (SSSR count). The molecule has 1 heterocycles. The van der Waals surface area contributed by atoms with Gasteiger partial charge < -0.3 is 13.9 Å². The topological polar surface area (TPSA) is 27.7 Å². The molecule has 0 bridgehead atoms. The molecule has 1 aliphatic rings. The highest BCUT2D eigenvalue weighted by Gasteiger charge is 2.50. The fourth-order valence-electron chi connectivity index (χ4n) is 5.35. The lowest BCUT2D eigenvalue weighted by Crippen LogP contribution is -2.66. The lowest BCUT2D eigenvalue weighted by atomic mass is 9.98. The fraction of sp³-hybridized carbons (Fsp3) is 0.375. The van der Waals surface area contributed by atoms with Crippen molar-refractivity contribution in [1.29, 1.82) is 0 Å². The van der Waals surface area contributed by atoms with Crippen LogP contribution in [0, 0.1) is 0 Å². The van der Waals surface area contributed by atoms with Crippen LogP contribution in [0.5, 0.6) is 0 Å². The van der Waals surface area contributed by atoms with Gasteiger partial charge in [0.25, 0.3) is 8.32 Å². The third kappa shape index (κ3) is 6.43. The summed E-state index contributed by atoms with van der Waals surface area (Å²) >= 11 is 0.